The number of benzene rings is 1. The van der Waals surface area contributed by atoms with Gasteiger partial charge < -0.3 is 0 Å². The van der Waals surface area contributed by atoms with Crippen LogP contribution in [0.2, 0.25) is 15.1 Å². The molecule has 5 nitrogen and oxygen atoms in total. The average molecular weight is 422 g/mol. The Morgan fingerprint density at radius 1 is 1.04 bits per heavy atom. The lowest BCUT2D eigenvalue weighted by Gasteiger charge is -2.07. The summed E-state index contributed by atoms with van der Waals surface area (Å²) in [6.45, 7) is 0. The van der Waals surface area contributed by atoms with Crippen LogP contribution in [-0.4, -0.2) is 25.8 Å². The van der Waals surface area contributed by atoms with Gasteiger partial charge in [0.1, 0.15) is 5.69 Å². The highest BCUT2D eigenvalue weighted by atomic mass is 35.5. The van der Waals surface area contributed by atoms with Crippen molar-refractivity contribution in [2.24, 2.45) is 0 Å². The summed E-state index contributed by atoms with van der Waals surface area (Å²) in [4.78, 5) is 15.9. The number of halogens is 6. The number of aromatic nitrogens is 4. The van der Waals surface area contributed by atoms with Crippen LogP contribution in [0.4, 0.5) is 13.2 Å². The third kappa shape index (κ3) is 3.67. The number of carbonyl (C=O) groups excluding carboxylic acids is 1. The zero-order chi connectivity index (χ0) is 19.1. The Morgan fingerprint density at radius 2 is 1.77 bits per heavy atom. The molecule has 3 aromatic rings. The highest BCUT2D eigenvalue weighted by Gasteiger charge is 2.32. The minimum absolute atomic E-state index is 0.148. The van der Waals surface area contributed by atoms with Gasteiger partial charge in [0.05, 0.1) is 32.5 Å². The Labute approximate surface area is 159 Å². The predicted octanol–water partition coefficient (Wildman–Crippen LogP) is 4.87. The van der Waals surface area contributed by atoms with Crippen molar-refractivity contribution in [1.82, 2.24) is 20.0 Å². The van der Waals surface area contributed by atoms with E-state index in [1.807, 2.05) is 0 Å². The number of rotatable bonds is 3. The quantitative estimate of drug-likeness (QED) is 0.566. The first kappa shape index (κ1) is 18.6. The summed E-state index contributed by atoms with van der Waals surface area (Å²) in [5.41, 5.74) is -1.08. The SMILES string of the molecule is O=C(c1cn(-c2ccc(Cl)c(Cl)c2)nn1)c1ncc(C(F)(F)F)cc1Cl. The summed E-state index contributed by atoms with van der Waals surface area (Å²) in [6.07, 6.45) is -2.81. The second kappa shape index (κ2) is 6.86. The molecule has 26 heavy (non-hydrogen) atoms. The molecule has 11 heteroatoms. The van der Waals surface area contributed by atoms with Gasteiger partial charge in [0.15, 0.2) is 5.69 Å². The maximum Gasteiger partial charge on any atom is 0.417 e. The molecule has 0 spiro atoms. The molecule has 0 atom stereocenters. The van der Waals surface area contributed by atoms with Gasteiger partial charge in [-0.3, -0.25) is 9.78 Å². The van der Waals surface area contributed by atoms with Gasteiger partial charge in [0.2, 0.25) is 5.78 Å². The molecule has 0 unspecified atom stereocenters. The summed E-state index contributed by atoms with van der Waals surface area (Å²) in [5.74, 6) is -0.768. The van der Waals surface area contributed by atoms with Crippen molar-refractivity contribution < 1.29 is 18.0 Å². The normalized spacial score (nSPS) is 11.6. The van der Waals surface area contributed by atoms with Gasteiger partial charge in [-0.2, -0.15) is 13.2 Å². The Bertz CT molecular complexity index is 1000. The summed E-state index contributed by atoms with van der Waals surface area (Å²) in [7, 11) is 0. The van der Waals surface area contributed by atoms with E-state index in [-0.39, 0.29) is 16.4 Å². The molecule has 1 aromatic carbocycles. The largest absolute Gasteiger partial charge is 0.417 e. The third-order valence-electron chi connectivity index (χ3n) is 3.28. The molecule has 0 radical (unpaired) electrons. The highest BCUT2D eigenvalue weighted by Crippen LogP contribution is 2.31. The molecule has 0 N–H and O–H groups in total. The topological polar surface area (TPSA) is 60.7 Å². The molecule has 0 bridgehead atoms. The fourth-order valence-corrected chi connectivity index (χ4v) is 2.55. The van der Waals surface area contributed by atoms with Gasteiger partial charge in [-0.15, -0.1) is 5.10 Å². The second-order valence-corrected chi connectivity index (χ2v) is 6.25. The molecule has 134 valence electrons. The molecule has 0 saturated heterocycles. The van der Waals surface area contributed by atoms with Crippen LogP contribution in [0.3, 0.4) is 0 Å². The van der Waals surface area contributed by atoms with E-state index in [0.717, 1.165) is 0 Å². The van der Waals surface area contributed by atoms with Crippen LogP contribution >= 0.6 is 34.8 Å². The van der Waals surface area contributed by atoms with E-state index in [2.05, 4.69) is 15.3 Å². The standard InChI is InChI=1S/C15H6Cl3F3N4O/c16-9-2-1-8(4-10(9)17)25-6-12(23-24-25)14(26)13-11(18)3-7(5-22-13)15(19,20)21/h1-6H. The van der Waals surface area contributed by atoms with Crippen molar-refractivity contribution in [2.45, 2.75) is 6.18 Å². The Kier molecular flexibility index (Phi) is 4.92. The number of hydrogen-bond acceptors (Lipinski definition) is 4. The number of hydrogen-bond donors (Lipinski definition) is 0. The molecule has 0 saturated carbocycles. The van der Waals surface area contributed by atoms with E-state index in [0.29, 0.717) is 23.0 Å². The summed E-state index contributed by atoms with van der Waals surface area (Å²) < 4.78 is 39.2. The van der Waals surface area contributed by atoms with E-state index < -0.39 is 22.5 Å². The monoisotopic (exact) mass is 420 g/mol. The van der Waals surface area contributed by atoms with E-state index in [1.165, 1.54) is 23.0 Å². The van der Waals surface area contributed by atoms with Crippen molar-refractivity contribution >= 4 is 40.6 Å². The first-order valence-corrected chi connectivity index (χ1v) is 7.95. The lowest BCUT2D eigenvalue weighted by atomic mass is 10.1. The van der Waals surface area contributed by atoms with Crippen LogP contribution in [0.25, 0.3) is 5.69 Å². The highest BCUT2D eigenvalue weighted by molar-refractivity contribution is 6.42. The summed E-state index contributed by atoms with van der Waals surface area (Å²) in [6, 6.07) is 5.28. The van der Waals surface area contributed by atoms with E-state index in [9.17, 15) is 18.0 Å². The van der Waals surface area contributed by atoms with Crippen molar-refractivity contribution in [2.75, 3.05) is 0 Å². The van der Waals surface area contributed by atoms with Crippen LogP contribution in [0.1, 0.15) is 21.7 Å². The van der Waals surface area contributed by atoms with Gasteiger partial charge in [0, 0.05) is 6.20 Å². The van der Waals surface area contributed by atoms with Crippen LogP contribution in [0, 0.1) is 0 Å². The minimum atomic E-state index is -4.62. The second-order valence-electron chi connectivity index (χ2n) is 5.03. The van der Waals surface area contributed by atoms with E-state index in [1.54, 1.807) is 6.07 Å². The number of alkyl halides is 3. The summed E-state index contributed by atoms with van der Waals surface area (Å²) >= 11 is 17.5. The van der Waals surface area contributed by atoms with Crippen LogP contribution in [0.15, 0.2) is 36.7 Å². The molecule has 0 fully saturated rings. The van der Waals surface area contributed by atoms with Gasteiger partial charge >= 0.3 is 6.18 Å². The van der Waals surface area contributed by atoms with Crippen molar-refractivity contribution in [3.05, 3.63) is 68.7 Å². The number of ketones is 1. The number of nitrogens with zero attached hydrogens (tertiary/aromatic N) is 4. The molecule has 2 aromatic heterocycles. The molecule has 3 rings (SSSR count). The van der Waals surface area contributed by atoms with Gasteiger partial charge in [-0.1, -0.05) is 40.0 Å². The van der Waals surface area contributed by atoms with Crippen molar-refractivity contribution in [3.8, 4) is 5.69 Å². The van der Waals surface area contributed by atoms with Gasteiger partial charge in [-0.05, 0) is 24.3 Å². The van der Waals surface area contributed by atoms with Gasteiger partial charge in [0.25, 0.3) is 0 Å². The Hall–Kier alpha value is -2.16. The molecule has 0 aliphatic carbocycles. The lowest BCUT2D eigenvalue weighted by Crippen LogP contribution is -2.10. The molecule has 0 aliphatic heterocycles. The first-order valence-electron chi connectivity index (χ1n) is 6.82. The van der Waals surface area contributed by atoms with Crippen LogP contribution < -0.4 is 0 Å². The third-order valence-corrected chi connectivity index (χ3v) is 4.30. The minimum Gasteiger partial charge on any atom is -0.285 e. The zero-order valence-electron chi connectivity index (χ0n) is 12.4. The molecule has 2 heterocycles. The number of pyridine rings is 1. The lowest BCUT2D eigenvalue weighted by molar-refractivity contribution is -0.137. The Morgan fingerprint density at radius 3 is 2.38 bits per heavy atom. The molecular formula is C15H6Cl3F3N4O. The van der Waals surface area contributed by atoms with E-state index >= 15 is 0 Å². The van der Waals surface area contributed by atoms with Crippen molar-refractivity contribution in [3.63, 3.8) is 0 Å². The molecular weight excluding hydrogens is 416 g/mol. The average Bonchev–Trinajstić information content (AvgIpc) is 3.06. The predicted molar refractivity (Wildman–Crippen MR) is 89.1 cm³/mol. The smallest absolute Gasteiger partial charge is 0.285 e. The first-order chi connectivity index (χ1) is 12.2. The maximum atomic E-state index is 12.6. The molecule has 0 amide bonds. The van der Waals surface area contributed by atoms with Crippen molar-refractivity contribution in [1.29, 1.82) is 0 Å². The fourth-order valence-electron chi connectivity index (χ4n) is 2.00. The van der Waals surface area contributed by atoms with Gasteiger partial charge in [-0.25, -0.2) is 4.68 Å². The molecule has 0 aliphatic rings. The zero-order valence-corrected chi connectivity index (χ0v) is 14.7. The Balaban J connectivity index is 1.92. The maximum absolute atomic E-state index is 12.6. The van der Waals surface area contributed by atoms with Crippen LogP contribution in [0.5, 0.6) is 0 Å². The van der Waals surface area contributed by atoms with Crippen LogP contribution in [-0.2, 0) is 6.18 Å². The number of carbonyl (C=O) groups is 1. The van der Waals surface area contributed by atoms with E-state index in [4.69, 9.17) is 34.8 Å². The fraction of sp³-hybridized carbons (Fsp3) is 0.0667. The summed E-state index contributed by atoms with van der Waals surface area (Å²) in [5, 5.41) is 7.67.